The van der Waals surface area contributed by atoms with Crippen molar-refractivity contribution < 1.29 is 18.7 Å². The van der Waals surface area contributed by atoms with Crippen molar-refractivity contribution in [3.05, 3.63) is 53.8 Å². The summed E-state index contributed by atoms with van der Waals surface area (Å²) in [6.45, 7) is -0.138. The first-order valence-electron chi connectivity index (χ1n) is 9.55. The SMILES string of the molecule is O=C1CN(C(=O)COc2ccc3oc4c(c3c2)CCCC4)c2ccccc2N1. The van der Waals surface area contributed by atoms with Gasteiger partial charge in [0, 0.05) is 17.4 Å². The molecule has 142 valence electrons. The van der Waals surface area contributed by atoms with Gasteiger partial charge >= 0.3 is 0 Å². The van der Waals surface area contributed by atoms with Crippen molar-refractivity contribution in [2.45, 2.75) is 25.7 Å². The minimum atomic E-state index is -0.253. The molecule has 2 heterocycles. The fraction of sp³-hybridized carbons (Fsp3) is 0.273. The molecule has 2 aromatic carbocycles. The number of hydrogen-bond donors (Lipinski definition) is 1. The van der Waals surface area contributed by atoms with Crippen LogP contribution >= 0.6 is 0 Å². The van der Waals surface area contributed by atoms with Gasteiger partial charge in [0.05, 0.1) is 11.4 Å². The van der Waals surface area contributed by atoms with Crippen molar-refractivity contribution in [1.29, 1.82) is 0 Å². The van der Waals surface area contributed by atoms with Crippen LogP contribution < -0.4 is 15.0 Å². The summed E-state index contributed by atoms with van der Waals surface area (Å²) in [6, 6.07) is 12.9. The van der Waals surface area contributed by atoms with E-state index in [1.54, 1.807) is 6.07 Å². The number of aryl methyl sites for hydroxylation is 2. The lowest BCUT2D eigenvalue weighted by molar-refractivity contribution is -0.123. The Morgan fingerprint density at radius 2 is 2.00 bits per heavy atom. The normalized spacial score (nSPS) is 15.7. The van der Waals surface area contributed by atoms with Crippen molar-refractivity contribution in [2.75, 3.05) is 23.4 Å². The van der Waals surface area contributed by atoms with Crippen molar-refractivity contribution >= 4 is 34.2 Å². The maximum Gasteiger partial charge on any atom is 0.265 e. The summed E-state index contributed by atoms with van der Waals surface area (Å²) in [5.41, 5.74) is 3.46. The second kappa shape index (κ2) is 6.71. The molecule has 0 atom stereocenters. The molecule has 1 aliphatic carbocycles. The van der Waals surface area contributed by atoms with E-state index in [-0.39, 0.29) is 25.0 Å². The summed E-state index contributed by atoms with van der Waals surface area (Å²) in [4.78, 5) is 26.1. The quantitative estimate of drug-likeness (QED) is 0.757. The highest BCUT2D eigenvalue weighted by Crippen LogP contribution is 2.34. The number of nitrogens with one attached hydrogen (secondary N) is 1. The number of carbonyl (C=O) groups excluding carboxylic acids is 2. The molecule has 28 heavy (non-hydrogen) atoms. The fourth-order valence-corrected chi connectivity index (χ4v) is 4.01. The van der Waals surface area contributed by atoms with Gasteiger partial charge in [-0.15, -0.1) is 0 Å². The number of anilines is 2. The standard InChI is InChI=1S/C22H20N2O4/c25-21-12-24(18-7-3-2-6-17(18)23-21)22(26)13-27-14-9-10-20-16(11-14)15-5-1-4-8-19(15)28-20/h2-3,6-7,9-11H,1,4-5,8,12-13H2,(H,23,25). The summed E-state index contributed by atoms with van der Waals surface area (Å²) in [6.07, 6.45) is 4.33. The maximum absolute atomic E-state index is 12.7. The zero-order valence-corrected chi connectivity index (χ0v) is 15.4. The molecule has 0 unspecified atom stereocenters. The Morgan fingerprint density at radius 3 is 2.93 bits per heavy atom. The lowest BCUT2D eigenvalue weighted by atomic mass is 9.96. The number of carbonyl (C=O) groups is 2. The van der Waals surface area contributed by atoms with Crippen LogP contribution in [-0.2, 0) is 22.4 Å². The first kappa shape index (κ1) is 16.9. The first-order valence-corrected chi connectivity index (χ1v) is 9.55. The highest BCUT2D eigenvalue weighted by Gasteiger charge is 2.27. The molecule has 3 aromatic rings. The predicted octanol–water partition coefficient (Wildman–Crippen LogP) is 3.68. The molecular formula is C22H20N2O4. The Labute approximate surface area is 162 Å². The number of furan rings is 1. The van der Waals surface area contributed by atoms with Crippen molar-refractivity contribution in [2.24, 2.45) is 0 Å². The molecule has 5 rings (SSSR count). The molecule has 0 bridgehead atoms. The van der Waals surface area contributed by atoms with Crippen LogP contribution in [0, 0.1) is 0 Å². The van der Waals surface area contributed by atoms with Crippen molar-refractivity contribution in [3.63, 3.8) is 0 Å². The molecule has 6 nitrogen and oxygen atoms in total. The molecule has 6 heteroatoms. The van der Waals surface area contributed by atoms with Gasteiger partial charge in [0.2, 0.25) is 5.91 Å². The average molecular weight is 376 g/mol. The van der Waals surface area contributed by atoms with Gasteiger partial charge in [-0.2, -0.15) is 0 Å². The zero-order valence-electron chi connectivity index (χ0n) is 15.4. The number of nitrogens with zero attached hydrogens (tertiary/aromatic N) is 1. The van der Waals surface area contributed by atoms with Crippen LogP contribution in [0.25, 0.3) is 11.0 Å². The Balaban J connectivity index is 1.35. The fourth-order valence-electron chi connectivity index (χ4n) is 4.01. The Bertz CT molecular complexity index is 1090. The van der Waals surface area contributed by atoms with Crippen LogP contribution in [0.1, 0.15) is 24.2 Å². The van der Waals surface area contributed by atoms with E-state index in [1.165, 1.54) is 16.9 Å². The molecule has 2 aliphatic rings. The second-order valence-electron chi connectivity index (χ2n) is 7.20. The van der Waals surface area contributed by atoms with E-state index in [0.29, 0.717) is 17.1 Å². The molecule has 0 fully saturated rings. The summed E-state index contributed by atoms with van der Waals surface area (Å²) >= 11 is 0. The molecule has 2 amide bonds. The van der Waals surface area contributed by atoms with E-state index in [1.807, 2.05) is 36.4 Å². The van der Waals surface area contributed by atoms with Gasteiger partial charge in [-0.1, -0.05) is 12.1 Å². The molecule has 0 saturated heterocycles. The van der Waals surface area contributed by atoms with E-state index in [2.05, 4.69) is 5.32 Å². The summed E-state index contributed by atoms with van der Waals surface area (Å²) < 4.78 is 11.7. The minimum Gasteiger partial charge on any atom is -0.484 e. The topological polar surface area (TPSA) is 71.8 Å². The zero-order chi connectivity index (χ0) is 19.1. The van der Waals surface area contributed by atoms with Gasteiger partial charge in [-0.3, -0.25) is 14.5 Å². The van der Waals surface area contributed by atoms with E-state index in [9.17, 15) is 9.59 Å². The van der Waals surface area contributed by atoms with E-state index < -0.39 is 0 Å². The first-order chi connectivity index (χ1) is 13.7. The number of hydrogen-bond acceptors (Lipinski definition) is 4. The van der Waals surface area contributed by atoms with Crippen LogP contribution in [-0.4, -0.2) is 25.0 Å². The number of para-hydroxylation sites is 2. The molecule has 1 aromatic heterocycles. The largest absolute Gasteiger partial charge is 0.484 e. The second-order valence-corrected chi connectivity index (χ2v) is 7.20. The molecule has 0 saturated carbocycles. The third kappa shape index (κ3) is 2.91. The molecule has 1 N–H and O–H groups in total. The van der Waals surface area contributed by atoms with Crippen molar-refractivity contribution in [1.82, 2.24) is 0 Å². The van der Waals surface area contributed by atoms with Crippen LogP contribution in [0.2, 0.25) is 0 Å². The van der Waals surface area contributed by atoms with Crippen molar-refractivity contribution in [3.8, 4) is 5.75 Å². The number of benzene rings is 2. The van der Waals surface area contributed by atoms with Gasteiger partial charge in [-0.25, -0.2) is 0 Å². The Morgan fingerprint density at radius 1 is 1.14 bits per heavy atom. The lowest BCUT2D eigenvalue weighted by Crippen LogP contribution is -2.44. The number of fused-ring (bicyclic) bond motifs is 4. The predicted molar refractivity (Wildman–Crippen MR) is 106 cm³/mol. The van der Waals surface area contributed by atoms with E-state index >= 15 is 0 Å². The minimum absolute atomic E-state index is 0.00647. The Kier molecular flexibility index (Phi) is 4.04. The number of ether oxygens (including phenoxy) is 1. The Hall–Kier alpha value is -3.28. The third-order valence-corrected chi connectivity index (χ3v) is 5.36. The highest BCUT2D eigenvalue weighted by molar-refractivity contribution is 6.10. The monoisotopic (exact) mass is 376 g/mol. The van der Waals surface area contributed by atoms with Gasteiger partial charge in [0.1, 0.15) is 23.6 Å². The van der Waals surface area contributed by atoms with Crippen LogP contribution in [0.15, 0.2) is 46.9 Å². The smallest absolute Gasteiger partial charge is 0.265 e. The van der Waals surface area contributed by atoms with E-state index in [0.717, 1.165) is 36.0 Å². The van der Waals surface area contributed by atoms with E-state index in [4.69, 9.17) is 9.15 Å². The lowest BCUT2D eigenvalue weighted by Gasteiger charge is -2.29. The highest BCUT2D eigenvalue weighted by atomic mass is 16.5. The van der Waals surface area contributed by atoms with Gasteiger partial charge in [-0.05, 0) is 49.6 Å². The van der Waals surface area contributed by atoms with Gasteiger partial charge < -0.3 is 14.5 Å². The summed E-state index contributed by atoms with van der Waals surface area (Å²) in [7, 11) is 0. The summed E-state index contributed by atoms with van der Waals surface area (Å²) in [5, 5.41) is 3.85. The van der Waals surface area contributed by atoms with Crippen LogP contribution in [0.5, 0.6) is 5.75 Å². The van der Waals surface area contributed by atoms with Crippen LogP contribution in [0.3, 0.4) is 0 Å². The number of amides is 2. The molecule has 1 aliphatic heterocycles. The maximum atomic E-state index is 12.7. The number of rotatable bonds is 3. The van der Waals surface area contributed by atoms with Gasteiger partial charge in [0.25, 0.3) is 5.91 Å². The van der Waals surface area contributed by atoms with Gasteiger partial charge in [0.15, 0.2) is 6.61 Å². The molecule has 0 spiro atoms. The average Bonchev–Trinajstić information content (AvgIpc) is 3.09. The molecular weight excluding hydrogens is 356 g/mol. The molecule has 0 radical (unpaired) electrons. The third-order valence-electron chi connectivity index (χ3n) is 5.36. The summed E-state index contributed by atoms with van der Waals surface area (Å²) in [5.74, 6) is 1.24. The van der Waals surface area contributed by atoms with Crippen LogP contribution in [0.4, 0.5) is 11.4 Å².